The average Bonchev–Trinajstić information content (AvgIpc) is 2.53. The molecular weight excluding hydrogens is 176 g/mol. The van der Waals surface area contributed by atoms with Crippen molar-refractivity contribution >= 4 is 0 Å². The molecule has 0 atom stereocenters. The standard InChI is InChI=1S/C10H20N4/c1-4-5-14-10(8-12-13-14)7-11-6-9(2)3/h8-9,11H,4-7H2,1-3H3. The van der Waals surface area contributed by atoms with Gasteiger partial charge >= 0.3 is 0 Å². The van der Waals surface area contributed by atoms with Crippen molar-refractivity contribution in [3.8, 4) is 0 Å². The molecule has 0 aromatic carbocycles. The van der Waals surface area contributed by atoms with Crippen molar-refractivity contribution in [2.24, 2.45) is 5.92 Å². The Hall–Kier alpha value is -0.900. The molecule has 4 nitrogen and oxygen atoms in total. The number of aromatic nitrogens is 3. The maximum absolute atomic E-state index is 4.03. The quantitative estimate of drug-likeness (QED) is 0.748. The zero-order chi connectivity index (χ0) is 10.4. The molecular formula is C10H20N4. The van der Waals surface area contributed by atoms with E-state index in [0.717, 1.165) is 26.1 Å². The smallest absolute Gasteiger partial charge is 0.0738 e. The minimum Gasteiger partial charge on any atom is -0.311 e. The first-order valence-corrected chi connectivity index (χ1v) is 5.32. The zero-order valence-corrected chi connectivity index (χ0v) is 9.32. The predicted molar refractivity (Wildman–Crippen MR) is 56.9 cm³/mol. The highest BCUT2D eigenvalue weighted by Gasteiger charge is 2.02. The molecule has 0 aliphatic rings. The molecule has 0 aliphatic heterocycles. The molecule has 0 radical (unpaired) electrons. The number of hydrogen-bond donors (Lipinski definition) is 1. The fourth-order valence-electron chi connectivity index (χ4n) is 1.30. The normalized spacial score (nSPS) is 11.1. The highest BCUT2D eigenvalue weighted by atomic mass is 15.4. The van der Waals surface area contributed by atoms with Crippen LogP contribution in [0.1, 0.15) is 32.9 Å². The summed E-state index contributed by atoms with van der Waals surface area (Å²) in [6.45, 7) is 9.41. The number of rotatable bonds is 6. The molecule has 1 heterocycles. The van der Waals surface area contributed by atoms with Crippen LogP contribution < -0.4 is 5.32 Å². The van der Waals surface area contributed by atoms with E-state index in [1.54, 1.807) is 0 Å². The summed E-state index contributed by atoms with van der Waals surface area (Å²) in [4.78, 5) is 0. The minimum atomic E-state index is 0.686. The molecule has 4 heteroatoms. The first-order chi connectivity index (χ1) is 6.74. The van der Waals surface area contributed by atoms with Gasteiger partial charge in [0.2, 0.25) is 0 Å². The molecule has 1 aromatic heterocycles. The van der Waals surface area contributed by atoms with Crippen molar-refractivity contribution in [2.75, 3.05) is 6.54 Å². The van der Waals surface area contributed by atoms with Gasteiger partial charge in [-0.15, -0.1) is 5.10 Å². The first kappa shape index (κ1) is 11.2. The highest BCUT2D eigenvalue weighted by molar-refractivity contribution is 4.93. The van der Waals surface area contributed by atoms with Gasteiger partial charge in [-0.2, -0.15) is 0 Å². The van der Waals surface area contributed by atoms with E-state index in [4.69, 9.17) is 0 Å². The van der Waals surface area contributed by atoms with Crippen molar-refractivity contribution < 1.29 is 0 Å². The van der Waals surface area contributed by atoms with Crippen LogP contribution in [0.3, 0.4) is 0 Å². The van der Waals surface area contributed by atoms with Gasteiger partial charge in [-0.05, 0) is 18.9 Å². The van der Waals surface area contributed by atoms with Crippen LogP contribution in [0.2, 0.25) is 0 Å². The molecule has 0 amide bonds. The molecule has 0 fully saturated rings. The van der Waals surface area contributed by atoms with Crippen molar-refractivity contribution in [2.45, 2.75) is 40.3 Å². The van der Waals surface area contributed by atoms with Crippen LogP contribution in [0.15, 0.2) is 6.20 Å². The van der Waals surface area contributed by atoms with Gasteiger partial charge in [-0.3, -0.25) is 0 Å². The average molecular weight is 196 g/mol. The minimum absolute atomic E-state index is 0.686. The third kappa shape index (κ3) is 3.46. The molecule has 0 aliphatic carbocycles. The van der Waals surface area contributed by atoms with E-state index >= 15 is 0 Å². The van der Waals surface area contributed by atoms with Crippen LogP contribution in [0.25, 0.3) is 0 Å². The van der Waals surface area contributed by atoms with Gasteiger partial charge in [0.1, 0.15) is 0 Å². The Labute approximate surface area is 85.7 Å². The van der Waals surface area contributed by atoms with Gasteiger partial charge < -0.3 is 5.32 Å². The Morgan fingerprint density at radius 3 is 2.93 bits per heavy atom. The second-order valence-electron chi connectivity index (χ2n) is 3.97. The lowest BCUT2D eigenvalue weighted by Crippen LogP contribution is -2.21. The SMILES string of the molecule is CCCn1nncc1CNCC(C)C. The van der Waals surface area contributed by atoms with Crippen molar-refractivity contribution in [3.05, 3.63) is 11.9 Å². The number of hydrogen-bond acceptors (Lipinski definition) is 3. The molecule has 1 aromatic rings. The van der Waals surface area contributed by atoms with Crippen LogP contribution in [0, 0.1) is 5.92 Å². The fraction of sp³-hybridized carbons (Fsp3) is 0.800. The lowest BCUT2D eigenvalue weighted by atomic mass is 10.2. The maximum Gasteiger partial charge on any atom is 0.0738 e. The van der Waals surface area contributed by atoms with Gasteiger partial charge in [0.05, 0.1) is 11.9 Å². The lowest BCUT2D eigenvalue weighted by molar-refractivity contribution is 0.509. The monoisotopic (exact) mass is 196 g/mol. The Kier molecular flexibility index (Phi) is 4.59. The Bertz CT molecular complexity index is 254. The van der Waals surface area contributed by atoms with Crippen molar-refractivity contribution in [1.82, 2.24) is 20.3 Å². The van der Waals surface area contributed by atoms with E-state index in [9.17, 15) is 0 Å². The molecule has 0 spiro atoms. The van der Waals surface area contributed by atoms with Crippen LogP contribution in [0.4, 0.5) is 0 Å². The Balaban J connectivity index is 2.37. The summed E-state index contributed by atoms with van der Waals surface area (Å²) in [5, 5.41) is 11.3. The van der Waals surface area contributed by atoms with Gasteiger partial charge in [-0.1, -0.05) is 26.0 Å². The summed E-state index contributed by atoms with van der Waals surface area (Å²) in [6, 6.07) is 0. The molecule has 1 N–H and O–H groups in total. The summed E-state index contributed by atoms with van der Waals surface area (Å²) < 4.78 is 1.97. The molecule has 0 unspecified atom stereocenters. The van der Waals surface area contributed by atoms with Crippen molar-refractivity contribution in [1.29, 1.82) is 0 Å². The van der Waals surface area contributed by atoms with Gasteiger partial charge in [0, 0.05) is 13.1 Å². The molecule has 80 valence electrons. The Morgan fingerprint density at radius 1 is 1.50 bits per heavy atom. The predicted octanol–water partition coefficient (Wildman–Crippen LogP) is 1.43. The highest BCUT2D eigenvalue weighted by Crippen LogP contribution is 1.98. The van der Waals surface area contributed by atoms with E-state index in [1.165, 1.54) is 5.69 Å². The summed E-state index contributed by atoms with van der Waals surface area (Å²) in [5.41, 5.74) is 1.17. The lowest BCUT2D eigenvalue weighted by Gasteiger charge is -2.08. The molecule has 0 bridgehead atoms. The van der Waals surface area contributed by atoms with E-state index in [0.29, 0.717) is 5.92 Å². The van der Waals surface area contributed by atoms with E-state index in [-0.39, 0.29) is 0 Å². The van der Waals surface area contributed by atoms with Gasteiger partial charge in [0.25, 0.3) is 0 Å². The van der Waals surface area contributed by atoms with Crippen LogP contribution in [0.5, 0.6) is 0 Å². The number of aryl methyl sites for hydroxylation is 1. The van der Waals surface area contributed by atoms with E-state index < -0.39 is 0 Å². The van der Waals surface area contributed by atoms with Gasteiger partial charge in [-0.25, -0.2) is 4.68 Å². The molecule has 0 saturated heterocycles. The van der Waals surface area contributed by atoms with Crippen LogP contribution in [-0.2, 0) is 13.1 Å². The second kappa shape index (κ2) is 5.75. The summed E-state index contributed by atoms with van der Waals surface area (Å²) >= 11 is 0. The summed E-state index contributed by atoms with van der Waals surface area (Å²) in [6.07, 6.45) is 2.93. The third-order valence-electron chi connectivity index (χ3n) is 1.99. The first-order valence-electron chi connectivity index (χ1n) is 5.32. The molecule has 1 rings (SSSR count). The maximum atomic E-state index is 4.03. The largest absolute Gasteiger partial charge is 0.311 e. The molecule has 0 saturated carbocycles. The topological polar surface area (TPSA) is 42.7 Å². The summed E-state index contributed by atoms with van der Waals surface area (Å²) in [7, 11) is 0. The Morgan fingerprint density at radius 2 is 2.29 bits per heavy atom. The van der Waals surface area contributed by atoms with Crippen LogP contribution in [-0.4, -0.2) is 21.5 Å². The van der Waals surface area contributed by atoms with Gasteiger partial charge in [0.15, 0.2) is 0 Å². The zero-order valence-electron chi connectivity index (χ0n) is 9.32. The third-order valence-corrected chi connectivity index (χ3v) is 1.99. The number of nitrogens with zero attached hydrogens (tertiary/aromatic N) is 3. The second-order valence-corrected chi connectivity index (χ2v) is 3.97. The van der Waals surface area contributed by atoms with Crippen molar-refractivity contribution in [3.63, 3.8) is 0 Å². The molecule has 14 heavy (non-hydrogen) atoms. The summed E-state index contributed by atoms with van der Waals surface area (Å²) in [5.74, 6) is 0.686. The van der Waals surface area contributed by atoms with Crippen LogP contribution >= 0.6 is 0 Å². The van der Waals surface area contributed by atoms with E-state index in [2.05, 4.69) is 36.4 Å². The number of nitrogens with one attached hydrogen (secondary N) is 1. The fourth-order valence-corrected chi connectivity index (χ4v) is 1.30. The van der Waals surface area contributed by atoms with E-state index in [1.807, 2.05) is 10.9 Å².